The maximum atomic E-state index is 12.3. The summed E-state index contributed by atoms with van der Waals surface area (Å²) >= 11 is 0.870. The van der Waals surface area contributed by atoms with Crippen molar-refractivity contribution in [3.05, 3.63) is 46.6 Å². The largest absolute Gasteiger partial charge is 0.474 e. The van der Waals surface area contributed by atoms with Gasteiger partial charge >= 0.3 is 6.09 Å². The Labute approximate surface area is 213 Å². The summed E-state index contributed by atoms with van der Waals surface area (Å²) in [6, 6.07) is 7.07. The number of carbonyl (C=O) groups is 3. The smallest absolute Gasteiger partial charge is 0.410 e. The summed E-state index contributed by atoms with van der Waals surface area (Å²) in [4.78, 5) is 45.8. The van der Waals surface area contributed by atoms with E-state index in [0.29, 0.717) is 53.9 Å². The van der Waals surface area contributed by atoms with E-state index in [-0.39, 0.29) is 17.4 Å². The van der Waals surface area contributed by atoms with Crippen LogP contribution in [0.15, 0.2) is 35.5 Å². The molecule has 0 bridgehead atoms. The van der Waals surface area contributed by atoms with Crippen molar-refractivity contribution in [1.82, 2.24) is 20.2 Å². The lowest BCUT2D eigenvalue weighted by Crippen LogP contribution is -2.44. The van der Waals surface area contributed by atoms with Gasteiger partial charge in [0.1, 0.15) is 23.8 Å². The molecule has 10 nitrogen and oxygen atoms in total. The van der Waals surface area contributed by atoms with Gasteiger partial charge in [0.15, 0.2) is 0 Å². The first-order valence-electron chi connectivity index (χ1n) is 11.6. The van der Waals surface area contributed by atoms with Crippen molar-refractivity contribution in [1.29, 1.82) is 0 Å². The number of rotatable bonds is 5. The van der Waals surface area contributed by atoms with Crippen molar-refractivity contribution in [2.75, 3.05) is 13.1 Å². The third-order valence-electron chi connectivity index (χ3n) is 5.40. The second-order valence-corrected chi connectivity index (χ2v) is 10.4. The van der Waals surface area contributed by atoms with Gasteiger partial charge in [0.2, 0.25) is 11.8 Å². The Morgan fingerprint density at radius 3 is 2.39 bits per heavy atom. The number of hydrogen-bond acceptors (Lipinski definition) is 9. The van der Waals surface area contributed by atoms with Crippen LogP contribution in [-0.4, -0.2) is 56.9 Å². The van der Waals surface area contributed by atoms with Crippen molar-refractivity contribution in [2.24, 2.45) is 0 Å². The van der Waals surface area contributed by atoms with Crippen LogP contribution in [0.25, 0.3) is 6.08 Å². The molecule has 1 N–H and O–H groups in total. The van der Waals surface area contributed by atoms with E-state index in [4.69, 9.17) is 14.2 Å². The minimum atomic E-state index is -0.525. The van der Waals surface area contributed by atoms with Crippen LogP contribution in [0.2, 0.25) is 0 Å². The molecule has 190 valence electrons. The molecule has 2 saturated heterocycles. The Balaban J connectivity index is 1.35. The van der Waals surface area contributed by atoms with Crippen LogP contribution < -0.4 is 14.8 Å². The molecular weight excluding hydrogens is 484 g/mol. The summed E-state index contributed by atoms with van der Waals surface area (Å²) in [6.45, 7) is 8.47. The van der Waals surface area contributed by atoms with Crippen LogP contribution in [0.1, 0.15) is 44.7 Å². The van der Waals surface area contributed by atoms with Crippen molar-refractivity contribution < 1.29 is 28.6 Å². The van der Waals surface area contributed by atoms with E-state index in [1.165, 1.54) is 6.33 Å². The SMILES string of the molecule is Cc1c(Oc2ccc(C=C3SC(=O)NC3=O)cc2)ncnc1OC1CCN(C(=O)OC(C)(C)C)CC1. The standard InChI is InChI=1S/C25H28N4O6S/c1-15-21(33-17-7-5-16(6-8-17)13-19-20(30)28-23(31)36-19)26-14-27-22(15)34-18-9-11-29(12-10-18)24(32)35-25(2,3)4/h5-8,13-14,18H,9-12H2,1-4H3,(H,28,30,31). The molecule has 0 radical (unpaired) electrons. The molecule has 0 spiro atoms. The van der Waals surface area contributed by atoms with Gasteiger partial charge in [-0.1, -0.05) is 12.1 Å². The van der Waals surface area contributed by atoms with E-state index in [9.17, 15) is 14.4 Å². The number of likely N-dealkylation sites (tertiary alicyclic amines) is 1. The highest BCUT2D eigenvalue weighted by atomic mass is 32.2. The van der Waals surface area contributed by atoms with E-state index in [2.05, 4.69) is 15.3 Å². The number of aromatic nitrogens is 2. The van der Waals surface area contributed by atoms with Crippen LogP contribution in [0.4, 0.5) is 9.59 Å². The molecule has 1 aromatic heterocycles. The van der Waals surface area contributed by atoms with Crippen LogP contribution in [0.5, 0.6) is 17.5 Å². The summed E-state index contributed by atoms with van der Waals surface area (Å²) in [5.41, 5.74) is 0.897. The Morgan fingerprint density at radius 2 is 1.78 bits per heavy atom. The molecule has 0 unspecified atom stereocenters. The lowest BCUT2D eigenvalue weighted by molar-refractivity contribution is -0.115. The van der Waals surface area contributed by atoms with Crippen LogP contribution in [0, 0.1) is 6.92 Å². The zero-order valence-electron chi connectivity index (χ0n) is 20.6. The monoisotopic (exact) mass is 512 g/mol. The number of carbonyl (C=O) groups excluding carboxylic acids is 3. The summed E-state index contributed by atoms with van der Waals surface area (Å²) in [7, 11) is 0. The average molecular weight is 513 g/mol. The normalized spacial score (nSPS) is 17.8. The fourth-order valence-electron chi connectivity index (χ4n) is 3.60. The number of benzene rings is 1. The number of nitrogens with zero attached hydrogens (tertiary/aromatic N) is 3. The number of imide groups is 1. The number of nitrogens with one attached hydrogen (secondary N) is 1. The third kappa shape index (κ3) is 6.54. The van der Waals surface area contributed by atoms with Gasteiger partial charge < -0.3 is 19.1 Å². The van der Waals surface area contributed by atoms with Gasteiger partial charge in [-0.2, -0.15) is 0 Å². The molecule has 2 fully saturated rings. The molecule has 11 heteroatoms. The summed E-state index contributed by atoms with van der Waals surface area (Å²) in [5, 5.41) is 1.85. The van der Waals surface area contributed by atoms with Gasteiger partial charge in [-0.15, -0.1) is 0 Å². The Hall–Kier alpha value is -3.60. The van der Waals surface area contributed by atoms with E-state index in [1.54, 1.807) is 35.2 Å². The number of piperidine rings is 1. The fraction of sp³-hybridized carbons (Fsp3) is 0.400. The molecule has 0 saturated carbocycles. The fourth-order valence-corrected chi connectivity index (χ4v) is 4.28. The van der Waals surface area contributed by atoms with Gasteiger partial charge in [0, 0.05) is 25.9 Å². The second-order valence-electron chi connectivity index (χ2n) is 9.42. The molecule has 36 heavy (non-hydrogen) atoms. The zero-order chi connectivity index (χ0) is 25.9. The number of amides is 3. The maximum absolute atomic E-state index is 12.3. The Morgan fingerprint density at radius 1 is 1.11 bits per heavy atom. The van der Waals surface area contributed by atoms with E-state index >= 15 is 0 Å². The molecule has 1 aromatic carbocycles. The maximum Gasteiger partial charge on any atom is 0.410 e. The summed E-state index contributed by atoms with van der Waals surface area (Å²) < 4.78 is 17.5. The molecule has 0 aliphatic carbocycles. The molecule has 3 heterocycles. The van der Waals surface area contributed by atoms with Gasteiger partial charge in [-0.3, -0.25) is 14.9 Å². The quantitative estimate of drug-likeness (QED) is 0.569. The van der Waals surface area contributed by atoms with Crippen LogP contribution in [0.3, 0.4) is 0 Å². The first kappa shape index (κ1) is 25.5. The topological polar surface area (TPSA) is 120 Å². The first-order chi connectivity index (χ1) is 17.1. The molecule has 4 rings (SSSR count). The highest BCUT2D eigenvalue weighted by Crippen LogP contribution is 2.30. The Bertz CT molecular complexity index is 1180. The Kier molecular flexibility index (Phi) is 7.48. The number of hydrogen-bond donors (Lipinski definition) is 1. The van der Waals surface area contributed by atoms with E-state index < -0.39 is 11.5 Å². The predicted octanol–water partition coefficient (Wildman–Crippen LogP) is 4.68. The minimum Gasteiger partial charge on any atom is -0.474 e. The summed E-state index contributed by atoms with van der Waals surface area (Å²) in [5.74, 6) is 0.958. The van der Waals surface area contributed by atoms with Gasteiger partial charge in [-0.05, 0) is 63.2 Å². The van der Waals surface area contributed by atoms with Gasteiger partial charge in [0.05, 0.1) is 10.5 Å². The highest BCUT2D eigenvalue weighted by molar-refractivity contribution is 8.18. The number of thioether (sulfide) groups is 1. The lowest BCUT2D eigenvalue weighted by atomic mass is 10.1. The van der Waals surface area contributed by atoms with Gasteiger partial charge in [-0.25, -0.2) is 14.8 Å². The summed E-state index contributed by atoms with van der Waals surface area (Å²) in [6.07, 6.45) is 3.96. The molecule has 0 atom stereocenters. The second kappa shape index (κ2) is 10.6. The molecular formula is C25H28N4O6S. The lowest BCUT2D eigenvalue weighted by Gasteiger charge is -2.33. The first-order valence-corrected chi connectivity index (χ1v) is 12.4. The van der Waals surface area contributed by atoms with E-state index in [0.717, 1.165) is 17.3 Å². The highest BCUT2D eigenvalue weighted by Gasteiger charge is 2.28. The van der Waals surface area contributed by atoms with Crippen molar-refractivity contribution >= 4 is 35.1 Å². The van der Waals surface area contributed by atoms with Crippen molar-refractivity contribution in [3.8, 4) is 17.5 Å². The van der Waals surface area contributed by atoms with Crippen molar-refractivity contribution in [3.63, 3.8) is 0 Å². The zero-order valence-corrected chi connectivity index (χ0v) is 21.4. The molecule has 2 aliphatic heterocycles. The van der Waals surface area contributed by atoms with Crippen LogP contribution in [-0.2, 0) is 9.53 Å². The minimum absolute atomic E-state index is 0.0880. The molecule has 2 aliphatic rings. The average Bonchev–Trinajstić information content (AvgIpc) is 3.13. The predicted molar refractivity (Wildman–Crippen MR) is 134 cm³/mol. The molecule has 2 aromatic rings. The molecule has 3 amide bonds. The van der Waals surface area contributed by atoms with E-state index in [1.807, 2.05) is 27.7 Å². The van der Waals surface area contributed by atoms with Crippen LogP contribution >= 0.6 is 11.8 Å². The van der Waals surface area contributed by atoms with Crippen molar-refractivity contribution in [2.45, 2.75) is 52.2 Å². The van der Waals surface area contributed by atoms with Gasteiger partial charge in [0.25, 0.3) is 11.1 Å². The third-order valence-corrected chi connectivity index (χ3v) is 6.21. The number of ether oxygens (including phenoxy) is 3.